The van der Waals surface area contributed by atoms with E-state index in [0.29, 0.717) is 10.1 Å². The molecule has 0 radical (unpaired) electrons. The molecule has 15 heavy (non-hydrogen) atoms. The molecular weight excluding hydrogens is 228 g/mol. The van der Waals surface area contributed by atoms with Gasteiger partial charge >= 0.3 is 0 Å². The van der Waals surface area contributed by atoms with Crippen molar-refractivity contribution in [3.63, 3.8) is 0 Å². The van der Waals surface area contributed by atoms with Crippen molar-refractivity contribution in [3.05, 3.63) is 28.8 Å². The van der Waals surface area contributed by atoms with Crippen LogP contribution in [0.1, 0.15) is 18.9 Å². The number of thiocarbonyl (C=S) groups is 1. The first kappa shape index (κ1) is 12.3. The Morgan fingerprint density at radius 1 is 1.47 bits per heavy atom. The number of benzene rings is 1. The fraction of sp³-hybridized carbons (Fsp3) is 0.364. The number of para-hydroxylation sites is 1. The van der Waals surface area contributed by atoms with Crippen molar-refractivity contribution < 1.29 is 0 Å². The van der Waals surface area contributed by atoms with Crippen molar-refractivity contribution in [1.29, 1.82) is 0 Å². The lowest BCUT2D eigenvalue weighted by Gasteiger charge is -2.13. The first-order valence-corrected chi connectivity index (χ1v) is 5.73. The maximum Gasteiger partial charge on any atom is 0.170 e. The molecule has 2 nitrogen and oxygen atoms in total. The number of aryl methyl sites for hydroxylation is 1. The van der Waals surface area contributed by atoms with Gasteiger partial charge in [0, 0.05) is 6.54 Å². The van der Waals surface area contributed by atoms with Gasteiger partial charge in [-0.3, -0.25) is 0 Å². The summed E-state index contributed by atoms with van der Waals surface area (Å²) < 4.78 is 0. The Morgan fingerprint density at radius 3 is 2.80 bits per heavy atom. The lowest BCUT2D eigenvalue weighted by Crippen LogP contribution is -2.29. The molecule has 1 aromatic rings. The number of hydrogen-bond donors (Lipinski definition) is 2. The van der Waals surface area contributed by atoms with E-state index in [9.17, 15) is 0 Å². The highest BCUT2D eigenvalue weighted by atomic mass is 35.5. The predicted octanol–water partition coefficient (Wildman–Crippen LogP) is 3.34. The quantitative estimate of drug-likeness (QED) is 0.795. The van der Waals surface area contributed by atoms with Crippen LogP contribution in [0.2, 0.25) is 5.02 Å². The van der Waals surface area contributed by atoms with Gasteiger partial charge in [-0.25, -0.2) is 0 Å². The van der Waals surface area contributed by atoms with Crippen LogP contribution >= 0.6 is 23.8 Å². The highest BCUT2D eigenvalue weighted by Crippen LogP contribution is 2.24. The van der Waals surface area contributed by atoms with E-state index in [2.05, 4.69) is 17.6 Å². The van der Waals surface area contributed by atoms with Crippen molar-refractivity contribution >= 4 is 34.6 Å². The van der Waals surface area contributed by atoms with E-state index in [4.69, 9.17) is 23.8 Å². The summed E-state index contributed by atoms with van der Waals surface area (Å²) in [6, 6.07) is 5.77. The molecule has 0 atom stereocenters. The lowest BCUT2D eigenvalue weighted by atomic mass is 10.2. The third-order valence-corrected chi connectivity index (χ3v) is 2.56. The molecule has 0 aliphatic rings. The number of hydrogen-bond acceptors (Lipinski definition) is 1. The van der Waals surface area contributed by atoms with E-state index in [-0.39, 0.29) is 0 Å². The summed E-state index contributed by atoms with van der Waals surface area (Å²) in [6.07, 6.45) is 1.04. The van der Waals surface area contributed by atoms with Crippen molar-refractivity contribution in [2.75, 3.05) is 11.9 Å². The summed E-state index contributed by atoms with van der Waals surface area (Å²) in [5.41, 5.74) is 1.97. The molecule has 0 unspecified atom stereocenters. The second-order valence-electron chi connectivity index (χ2n) is 3.31. The molecule has 0 aromatic heterocycles. The van der Waals surface area contributed by atoms with Crippen LogP contribution in [0, 0.1) is 6.92 Å². The van der Waals surface area contributed by atoms with Gasteiger partial charge in [-0.15, -0.1) is 0 Å². The minimum Gasteiger partial charge on any atom is -0.362 e. The molecule has 2 N–H and O–H groups in total. The summed E-state index contributed by atoms with van der Waals surface area (Å²) in [5, 5.41) is 7.51. The number of halogens is 1. The SMILES string of the molecule is CCCNC(=S)Nc1c(C)cccc1Cl. The minimum atomic E-state index is 0.619. The van der Waals surface area contributed by atoms with Crippen LogP contribution in [0.25, 0.3) is 0 Å². The molecule has 0 aliphatic heterocycles. The monoisotopic (exact) mass is 242 g/mol. The molecule has 1 rings (SSSR count). The third-order valence-electron chi connectivity index (χ3n) is 2.00. The molecule has 0 bridgehead atoms. The molecule has 0 saturated heterocycles. The number of anilines is 1. The van der Waals surface area contributed by atoms with Crippen LogP contribution in [0.3, 0.4) is 0 Å². The number of rotatable bonds is 3. The van der Waals surface area contributed by atoms with Gasteiger partial charge in [-0.2, -0.15) is 0 Å². The molecule has 0 fully saturated rings. The molecule has 0 amide bonds. The Hall–Kier alpha value is -0.800. The fourth-order valence-electron chi connectivity index (χ4n) is 1.19. The second kappa shape index (κ2) is 5.93. The van der Waals surface area contributed by atoms with Gasteiger partial charge in [-0.05, 0) is 37.2 Å². The summed E-state index contributed by atoms with van der Waals surface area (Å²) in [4.78, 5) is 0. The molecule has 0 spiro atoms. The Labute approximate surface area is 101 Å². The zero-order chi connectivity index (χ0) is 11.3. The van der Waals surface area contributed by atoms with Crippen molar-refractivity contribution in [2.24, 2.45) is 0 Å². The molecule has 1 aromatic carbocycles. The van der Waals surface area contributed by atoms with Crippen LogP contribution in [0.15, 0.2) is 18.2 Å². The molecule has 0 heterocycles. The number of nitrogens with one attached hydrogen (secondary N) is 2. The molecule has 4 heteroatoms. The fourth-order valence-corrected chi connectivity index (χ4v) is 1.66. The van der Waals surface area contributed by atoms with E-state index in [1.165, 1.54) is 0 Å². The van der Waals surface area contributed by atoms with Crippen LogP contribution < -0.4 is 10.6 Å². The maximum atomic E-state index is 6.06. The topological polar surface area (TPSA) is 24.1 Å². The zero-order valence-corrected chi connectivity index (χ0v) is 10.5. The smallest absolute Gasteiger partial charge is 0.170 e. The summed E-state index contributed by atoms with van der Waals surface area (Å²) in [5.74, 6) is 0. The van der Waals surface area contributed by atoms with E-state index in [0.717, 1.165) is 24.2 Å². The Kier molecular flexibility index (Phi) is 4.85. The molecule has 82 valence electrons. The summed E-state index contributed by atoms with van der Waals surface area (Å²) in [7, 11) is 0. The minimum absolute atomic E-state index is 0.619. The Morgan fingerprint density at radius 2 is 2.20 bits per heavy atom. The van der Waals surface area contributed by atoms with Crippen molar-refractivity contribution in [2.45, 2.75) is 20.3 Å². The maximum absolute atomic E-state index is 6.06. The van der Waals surface area contributed by atoms with E-state index in [1.54, 1.807) is 0 Å². The van der Waals surface area contributed by atoms with Crippen molar-refractivity contribution in [3.8, 4) is 0 Å². The zero-order valence-electron chi connectivity index (χ0n) is 8.93. The summed E-state index contributed by atoms with van der Waals surface area (Å²) >= 11 is 11.2. The molecule has 0 saturated carbocycles. The predicted molar refractivity (Wildman–Crippen MR) is 70.7 cm³/mol. The summed E-state index contributed by atoms with van der Waals surface area (Å²) in [6.45, 7) is 4.96. The van der Waals surface area contributed by atoms with Crippen LogP contribution in [-0.2, 0) is 0 Å². The van der Waals surface area contributed by atoms with Gasteiger partial charge in [0.25, 0.3) is 0 Å². The van der Waals surface area contributed by atoms with E-state index < -0.39 is 0 Å². The highest BCUT2D eigenvalue weighted by molar-refractivity contribution is 7.80. The van der Waals surface area contributed by atoms with Gasteiger partial charge in [0.15, 0.2) is 5.11 Å². The lowest BCUT2D eigenvalue weighted by molar-refractivity contribution is 0.846. The van der Waals surface area contributed by atoms with Gasteiger partial charge in [-0.1, -0.05) is 30.7 Å². The van der Waals surface area contributed by atoms with Crippen molar-refractivity contribution in [1.82, 2.24) is 5.32 Å². The van der Waals surface area contributed by atoms with Gasteiger partial charge < -0.3 is 10.6 Å². The average molecular weight is 243 g/mol. The van der Waals surface area contributed by atoms with Gasteiger partial charge in [0.05, 0.1) is 10.7 Å². The first-order valence-electron chi connectivity index (χ1n) is 4.95. The van der Waals surface area contributed by atoms with Crippen LogP contribution in [-0.4, -0.2) is 11.7 Å². The van der Waals surface area contributed by atoms with E-state index >= 15 is 0 Å². The molecule has 0 aliphatic carbocycles. The first-order chi connectivity index (χ1) is 7.15. The Balaban J connectivity index is 2.68. The third kappa shape index (κ3) is 3.68. The van der Waals surface area contributed by atoms with Crippen LogP contribution in [0.5, 0.6) is 0 Å². The second-order valence-corrected chi connectivity index (χ2v) is 4.13. The van der Waals surface area contributed by atoms with E-state index in [1.807, 2.05) is 25.1 Å². The van der Waals surface area contributed by atoms with Gasteiger partial charge in [0.1, 0.15) is 0 Å². The normalized spacial score (nSPS) is 9.80. The Bertz CT molecular complexity index is 332. The largest absolute Gasteiger partial charge is 0.362 e. The van der Waals surface area contributed by atoms with Crippen LogP contribution in [0.4, 0.5) is 5.69 Å². The highest BCUT2D eigenvalue weighted by Gasteiger charge is 2.04. The average Bonchev–Trinajstić information content (AvgIpc) is 2.21. The standard InChI is InChI=1S/C11H15ClN2S/c1-3-7-13-11(15)14-10-8(2)5-4-6-9(10)12/h4-6H,3,7H2,1-2H3,(H2,13,14,15). The van der Waals surface area contributed by atoms with Gasteiger partial charge in [0.2, 0.25) is 0 Å². The molecular formula is C11H15ClN2S.